The second kappa shape index (κ2) is 11.2. The largest absolute Gasteiger partial charge is 0.323 e. The summed E-state index contributed by atoms with van der Waals surface area (Å²) in [5, 5.41) is 4.69. The van der Waals surface area contributed by atoms with E-state index in [1.54, 1.807) is 31.3 Å². The quantitative estimate of drug-likeness (QED) is 0.245. The van der Waals surface area contributed by atoms with Gasteiger partial charge >= 0.3 is 0 Å². The fourth-order valence-corrected chi connectivity index (χ4v) is 7.81. The Morgan fingerprint density at radius 3 is 2.40 bits per heavy atom. The molecule has 1 unspecified atom stereocenters. The molecule has 0 saturated heterocycles. The number of carbonyl (C=O) groups excluding carboxylic acids is 2. The zero-order valence-electron chi connectivity index (χ0n) is 24.2. The van der Waals surface area contributed by atoms with E-state index >= 15 is 0 Å². The summed E-state index contributed by atoms with van der Waals surface area (Å²) in [5.74, 6) is -0.832. The van der Waals surface area contributed by atoms with Gasteiger partial charge in [-0.25, -0.2) is 8.42 Å². The number of sulfonamides is 1. The molecule has 8 heteroatoms. The van der Waals surface area contributed by atoms with E-state index in [1.165, 1.54) is 9.21 Å². The monoisotopic (exact) mass is 591 g/mol. The standard InChI is InChI=1S/C35H33N3O4S/c1-3-25-11-6-8-14-30(25)35(21-9-4-10-22-35)24-43(41,42)37(2)27-16-18-28(19-17-27)38-31-20-15-26-12-5-7-13-29(26)34(31)36-32(39)23-33(38)40/h4-21H,3,22-24H2,1-2H3,(H,36,39). The zero-order chi connectivity index (χ0) is 30.2. The molecule has 0 radical (unpaired) electrons. The smallest absolute Gasteiger partial charge is 0.241 e. The lowest BCUT2D eigenvalue weighted by atomic mass is 9.75. The number of allylic oxidation sites excluding steroid dienone is 4. The second-order valence-corrected chi connectivity index (χ2v) is 13.0. The highest BCUT2D eigenvalue weighted by Crippen LogP contribution is 2.41. The van der Waals surface area contributed by atoms with Gasteiger partial charge in [0.15, 0.2) is 0 Å². The van der Waals surface area contributed by atoms with Crippen LogP contribution in [-0.4, -0.2) is 33.0 Å². The van der Waals surface area contributed by atoms with Crippen LogP contribution >= 0.6 is 0 Å². The molecule has 4 aromatic rings. The van der Waals surface area contributed by atoms with Gasteiger partial charge in [0, 0.05) is 23.5 Å². The van der Waals surface area contributed by atoms with Gasteiger partial charge in [-0.05, 0) is 59.7 Å². The van der Waals surface area contributed by atoms with E-state index in [0.29, 0.717) is 29.2 Å². The molecule has 0 bridgehead atoms. The third-order valence-corrected chi connectivity index (χ3v) is 10.3. The van der Waals surface area contributed by atoms with Crippen LogP contribution in [0.3, 0.4) is 0 Å². The van der Waals surface area contributed by atoms with E-state index in [4.69, 9.17) is 0 Å². The maximum atomic E-state index is 13.9. The molecule has 7 nitrogen and oxygen atoms in total. The number of hydrogen-bond donors (Lipinski definition) is 1. The number of hydrogen-bond acceptors (Lipinski definition) is 4. The Kier molecular flexibility index (Phi) is 7.40. The van der Waals surface area contributed by atoms with Gasteiger partial charge in [0.1, 0.15) is 6.42 Å². The average molecular weight is 592 g/mol. The van der Waals surface area contributed by atoms with Crippen molar-refractivity contribution in [3.63, 3.8) is 0 Å². The Hall–Kier alpha value is -4.69. The number of aryl methyl sites for hydroxylation is 1. The predicted octanol–water partition coefficient (Wildman–Crippen LogP) is 6.63. The molecule has 1 aliphatic carbocycles. The van der Waals surface area contributed by atoms with E-state index in [2.05, 4.69) is 18.3 Å². The zero-order valence-corrected chi connectivity index (χ0v) is 25.0. The van der Waals surface area contributed by atoms with Crippen molar-refractivity contribution in [3.05, 3.63) is 120 Å². The molecular weight excluding hydrogens is 558 g/mol. The Morgan fingerprint density at radius 1 is 0.907 bits per heavy atom. The number of rotatable bonds is 7. The molecule has 4 aromatic carbocycles. The van der Waals surface area contributed by atoms with Crippen molar-refractivity contribution in [2.45, 2.75) is 31.6 Å². The lowest BCUT2D eigenvalue weighted by Crippen LogP contribution is -2.40. The number of nitrogens with one attached hydrogen (secondary N) is 1. The van der Waals surface area contributed by atoms with Crippen molar-refractivity contribution in [1.29, 1.82) is 0 Å². The van der Waals surface area contributed by atoms with Crippen LogP contribution in [-0.2, 0) is 31.4 Å². The Balaban J connectivity index is 1.33. The van der Waals surface area contributed by atoms with E-state index in [1.807, 2.05) is 78.9 Å². The molecule has 1 heterocycles. The number of anilines is 4. The van der Waals surface area contributed by atoms with Crippen LogP contribution in [0.15, 0.2) is 109 Å². The Morgan fingerprint density at radius 2 is 1.65 bits per heavy atom. The molecule has 1 N–H and O–H groups in total. The van der Waals surface area contributed by atoms with Crippen LogP contribution in [0.4, 0.5) is 22.7 Å². The summed E-state index contributed by atoms with van der Waals surface area (Å²) in [6.07, 6.45) is 9.01. The number of amides is 2. The predicted molar refractivity (Wildman–Crippen MR) is 173 cm³/mol. The fourth-order valence-electron chi connectivity index (χ4n) is 6.15. The van der Waals surface area contributed by atoms with Crippen LogP contribution in [0, 0.1) is 0 Å². The highest BCUT2D eigenvalue weighted by molar-refractivity contribution is 7.92. The van der Waals surface area contributed by atoms with Gasteiger partial charge in [-0.2, -0.15) is 0 Å². The first-order chi connectivity index (χ1) is 20.7. The van der Waals surface area contributed by atoms with E-state index < -0.39 is 15.4 Å². The molecule has 0 aromatic heterocycles. The third kappa shape index (κ3) is 5.23. The molecule has 2 amide bonds. The third-order valence-electron chi connectivity index (χ3n) is 8.38. The van der Waals surface area contributed by atoms with Crippen LogP contribution in [0.1, 0.15) is 30.9 Å². The van der Waals surface area contributed by atoms with Crippen LogP contribution < -0.4 is 14.5 Å². The molecule has 218 valence electrons. The summed E-state index contributed by atoms with van der Waals surface area (Å²) in [7, 11) is -2.20. The van der Waals surface area contributed by atoms with Gasteiger partial charge < -0.3 is 5.32 Å². The van der Waals surface area contributed by atoms with Crippen molar-refractivity contribution in [1.82, 2.24) is 0 Å². The van der Waals surface area contributed by atoms with Crippen molar-refractivity contribution in [2.75, 3.05) is 27.3 Å². The van der Waals surface area contributed by atoms with Gasteiger partial charge in [-0.3, -0.25) is 18.8 Å². The second-order valence-electron chi connectivity index (χ2n) is 11.0. The summed E-state index contributed by atoms with van der Waals surface area (Å²) < 4.78 is 29.2. The first kappa shape index (κ1) is 28.4. The highest BCUT2D eigenvalue weighted by atomic mass is 32.2. The van der Waals surface area contributed by atoms with Gasteiger partial charge in [0.2, 0.25) is 21.8 Å². The van der Waals surface area contributed by atoms with E-state index in [0.717, 1.165) is 28.3 Å². The van der Waals surface area contributed by atoms with Crippen LogP contribution in [0.25, 0.3) is 10.8 Å². The minimum atomic E-state index is -3.77. The molecule has 1 aliphatic heterocycles. The van der Waals surface area contributed by atoms with Crippen LogP contribution in [0.5, 0.6) is 0 Å². The topological polar surface area (TPSA) is 86.8 Å². The van der Waals surface area contributed by atoms with Crippen LogP contribution in [0.2, 0.25) is 0 Å². The molecule has 6 rings (SSSR count). The Labute approximate surface area is 252 Å². The van der Waals surface area contributed by atoms with Crippen molar-refractivity contribution < 1.29 is 18.0 Å². The lowest BCUT2D eigenvalue weighted by Gasteiger charge is -2.35. The Bertz CT molecular complexity index is 1900. The molecule has 2 aliphatic rings. The number of carbonyl (C=O) groups is 2. The molecule has 1 atom stereocenters. The normalized spacial score (nSPS) is 18.3. The van der Waals surface area contributed by atoms with E-state index in [-0.39, 0.29) is 24.0 Å². The van der Waals surface area contributed by atoms with Gasteiger partial charge in [-0.1, -0.05) is 85.8 Å². The van der Waals surface area contributed by atoms with Crippen molar-refractivity contribution in [2.24, 2.45) is 0 Å². The van der Waals surface area contributed by atoms with Crippen molar-refractivity contribution >= 4 is 55.4 Å². The molecule has 0 spiro atoms. The lowest BCUT2D eigenvalue weighted by molar-refractivity contribution is -0.124. The SMILES string of the molecule is CCc1ccccc1C1(CS(=O)(=O)N(C)c2ccc(N3C(=O)CC(=O)Nc4c3ccc3ccccc43)cc2)C=CC=CC1. The number of fused-ring (bicyclic) bond motifs is 3. The summed E-state index contributed by atoms with van der Waals surface area (Å²) in [4.78, 5) is 27.4. The summed E-state index contributed by atoms with van der Waals surface area (Å²) >= 11 is 0. The molecule has 43 heavy (non-hydrogen) atoms. The van der Waals surface area contributed by atoms with Gasteiger partial charge in [0.05, 0.1) is 22.8 Å². The minimum Gasteiger partial charge on any atom is -0.323 e. The molecular formula is C35H33N3O4S. The summed E-state index contributed by atoms with van der Waals surface area (Å²) in [6.45, 7) is 2.08. The first-order valence-electron chi connectivity index (χ1n) is 14.4. The minimum absolute atomic E-state index is 0.0883. The molecule has 0 saturated carbocycles. The maximum absolute atomic E-state index is 13.9. The highest BCUT2D eigenvalue weighted by Gasteiger charge is 2.38. The fraction of sp³-hybridized carbons (Fsp3) is 0.200. The van der Waals surface area contributed by atoms with Crippen molar-refractivity contribution in [3.8, 4) is 0 Å². The maximum Gasteiger partial charge on any atom is 0.241 e. The van der Waals surface area contributed by atoms with Gasteiger partial charge in [0.25, 0.3) is 0 Å². The van der Waals surface area contributed by atoms with E-state index in [9.17, 15) is 18.0 Å². The summed E-state index contributed by atoms with van der Waals surface area (Å²) in [5.41, 5.74) is 3.64. The van der Waals surface area contributed by atoms with Gasteiger partial charge in [-0.15, -0.1) is 0 Å². The first-order valence-corrected chi connectivity index (χ1v) is 16.0. The molecule has 0 fully saturated rings. The number of nitrogens with zero attached hydrogens (tertiary/aromatic N) is 2. The number of benzene rings is 4. The average Bonchev–Trinajstić information content (AvgIpc) is 3.15. The summed E-state index contributed by atoms with van der Waals surface area (Å²) in [6, 6.07) is 26.3.